The van der Waals surface area contributed by atoms with Crippen LogP contribution in [0.3, 0.4) is 0 Å². The quantitative estimate of drug-likeness (QED) is 0.920. The molecular formula is C18H22N4O3. The molecule has 2 aromatic rings. The lowest BCUT2D eigenvalue weighted by Crippen LogP contribution is -2.40. The van der Waals surface area contributed by atoms with Crippen LogP contribution in [0.4, 0.5) is 4.79 Å². The Kier molecular flexibility index (Phi) is 4.40. The molecule has 4 rings (SSSR count). The maximum absolute atomic E-state index is 12.3. The fourth-order valence-corrected chi connectivity index (χ4v) is 3.52. The number of carbonyl (C=O) groups is 1. The number of nitrogens with one attached hydrogen (secondary N) is 1. The van der Waals surface area contributed by atoms with Gasteiger partial charge in [0.15, 0.2) is 0 Å². The van der Waals surface area contributed by atoms with Crippen LogP contribution in [0.25, 0.3) is 11.5 Å². The molecule has 1 aromatic carbocycles. The summed E-state index contributed by atoms with van der Waals surface area (Å²) in [7, 11) is 0. The summed E-state index contributed by atoms with van der Waals surface area (Å²) in [5.41, 5.74) is 1.08. The van der Waals surface area contributed by atoms with Crippen molar-refractivity contribution in [1.29, 1.82) is 0 Å². The minimum Gasteiger partial charge on any atom is -0.421 e. The normalized spacial score (nSPS) is 22.6. The summed E-state index contributed by atoms with van der Waals surface area (Å²) in [6.45, 7) is 3.66. The fraction of sp³-hybridized carbons (Fsp3) is 0.500. The number of urea groups is 1. The summed E-state index contributed by atoms with van der Waals surface area (Å²) in [4.78, 5) is 14.2. The average molecular weight is 342 g/mol. The number of hydrogen-bond donors (Lipinski definition) is 1. The van der Waals surface area contributed by atoms with Gasteiger partial charge in [-0.3, -0.25) is 0 Å². The molecular weight excluding hydrogens is 320 g/mol. The minimum absolute atomic E-state index is 0.0217. The van der Waals surface area contributed by atoms with Crippen LogP contribution < -0.4 is 5.32 Å². The molecule has 25 heavy (non-hydrogen) atoms. The van der Waals surface area contributed by atoms with E-state index in [-0.39, 0.29) is 11.4 Å². The molecule has 132 valence electrons. The number of rotatable bonds is 4. The van der Waals surface area contributed by atoms with Gasteiger partial charge in [0.05, 0.1) is 6.61 Å². The molecule has 3 heterocycles. The zero-order valence-electron chi connectivity index (χ0n) is 14.1. The smallest absolute Gasteiger partial charge is 0.317 e. The first-order valence-electron chi connectivity index (χ1n) is 8.73. The first-order chi connectivity index (χ1) is 12.2. The molecule has 1 N–H and O–H groups in total. The second-order valence-corrected chi connectivity index (χ2v) is 6.82. The fourth-order valence-electron chi connectivity index (χ4n) is 3.52. The monoisotopic (exact) mass is 342 g/mol. The molecule has 2 fully saturated rings. The van der Waals surface area contributed by atoms with E-state index in [2.05, 4.69) is 15.5 Å². The van der Waals surface area contributed by atoms with Gasteiger partial charge in [0, 0.05) is 43.6 Å². The van der Waals surface area contributed by atoms with Crippen LogP contribution in [0.5, 0.6) is 0 Å². The van der Waals surface area contributed by atoms with E-state index < -0.39 is 0 Å². The van der Waals surface area contributed by atoms with Crippen LogP contribution in [0.15, 0.2) is 34.7 Å². The van der Waals surface area contributed by atoms with Crippen LogP contribution in [-0.4, -0.2) is 54.0 Å². The highest BCUT2D eigenvalue weighted by atomic mass is 16.5. The Morgan fingerprint density at radius 2 is 2.12 bits per heavy atom. The Balaban J connectivity index is 1.26. The van der Waals surface area contributed by atoms with Crippen molar-refractivity contribution in [3.05, 3.63) is 36.2 Å². The number of amides is 2. The van der Waals surface area contributed by atoms with Crippen LogP contribution in [0.1, 0.15) is 18.7 Å². The second kappa shape index (κ2) is 6.84. The molecule has 0 bridgehead atoms. The van der Waals surface area contributed by atoms with E-state index in [9.17, 15) is 4.79 Å². The maximum atomic E-state index is 12.3. The molecule has 0 saturated carbocycles. The molecule has 1 aromatic heterocycles. The van der Waals surface area contributed by atoms with Gasteiger partial charge in [-0.05, 0) is 25.0 Å². The maximum Gasteiger partial charge on any atom is 0.317 e. The van der Waals surface area contributed by atoms with Crippen LogP contribution in [0, 0.1) is 5.41 Å². The summed E-state index contributed by atoms with van der Waals surface area (Å²) in [6.07, 6.45) is 2.61. The Bertz CT molecular complexity index is 725. The van der Waals surface area contributed by atoms with Crippen LogP contribution >= 0.6 is 0 Å². The largest absolute Gasteiger partial charge is 0.421 e. The molecule has 1 atom stereocenters. The van der Waals surface area contributed by atoms with Gasteiger partial charge in [0.25, 0.3) is 0 Å². The second-order valence-electron chi connectivity index (χ2n) is 6.82. The predicted octanol–water partition coefficient (Wildman–Crippen LogP) is 2.10. The van der Waals surface area contributed by atoms with E-state index in [0.717, 1.165) is 44.7 Å². The summed E-state index contributed by atoms with van der Waals surface area (Å²) in [6, 6.07) is 9.63. The van der Waals surface area contributed by atoms with Gasteiger partial charge in [-0.2, -0.15) is 0 Å². The van der Waals surface area contributed by atoms with Gasteiger partial charge < -0.3 is 19.4 Å². The van der Waals surface area contributed by atoms with Crippen molar-refractivity contribution in [2.75, 3.05) is 32.8 Å². The van der Waals surface area contributed by atoms with Gasteiger partial charge in [0.2, 0.25) is 11.8 Å². The Hall–Kier alpha value is -2.41. The number of carbonyl (C=O) groups excluding carboxylic acids is 1. The molecule has 0 unspecified atom stereocenters. The van der Waals surface area contributed by atoms with Gasteiger partial charge >= 0.3 is 6.03 Å². The first kappa shape index (κ1) is 16.1. The number of nitrogens with zero attached hydrogens (tertiary/aromatic N) is 3. The molecule has 2 amide bonds. The standard InChI is InChI=1S/C18H22N4O3/c23-17(22-10-7-18(12-22)8-11-24-13-18)19-9-6-15-20-21-16(25-15)14-4-2-1-3-5-14/h1-5H,6-13H2,(H,19,23)/t18-/m1/s1. The molecule has 2 aliphatic rings. The molecule has 7 heteroatoms. The van der Waals surface area contributed by atoms with E-state index in [0.29, 0.717) is 24.7 Å². The van der Waals surface area contributed by atoms with E-state index in [1.165, 1.54) is 0 Å². The lowest BCUT2D eigenvalue weighted by atomic mass is 9.87. The summed E-state index contributed by atoms with van der Waals surface area (Å²) in [5, 5.41) is 11.0. The van der Waals surface area contributed by atoms with Crippen molar-refractivity contribution >= 4 is 6.03 Å². The number of aromatic nitrogens is 2. The first-order valence-corrected chi connectivity index (χ1v) is 8.73. The molecule has 1 spiro atoms. The highest BCUT2D eigenvalue weighted by molar-refractivity contribution is 5.74. The third-order valence-electron chi connectivity index (χ3n) is 5.01. The van der Waals surface area contributed by atoms with Crippen molar-refractivity contribution in [1.82, 2.24) is 20.4 Å². The molecule has 2 aliphatic heterocycles. The molecule has 0 radical (unpaired) electrons. The SMILES string of the molecule is O=C(NCCc1nnc(-c2ccccc2)o1)N1CC[C@@]2(CCOC2)C1. The van der Waals surface area contributed by atoms with E-state index in [1.54, 1.807) is 0 Å². The highest BCUT2D eigenvalue weighted by Gasteiger charge is 2.42. The van der Waals surface area contributed by atoms with E-state index in [1.807, 2.05) is 35.2 Å². The highest BCUT2D eigenvalue weighted by Crippen LogP contribution is 2.38. The lowest BCUT2D eigenvalue weighted by molar-refractivity contribution is 0.152. The van der Waals surface area contributed by atoms with Crippen LogP contribution in [-0.2, 0) is 11.2 Å². The number of hydrogen-bond acceptors (Lipinski definition) is 5. The van der Waals surface area contributed by atoms with Crippen molar-refractivity contribution < 1.29 is 13.9 Å². The van der Waals surface area contributed by atoms with E-state index >= 15 is 0 Å². The zero-order valence-corrected chi connectivity index (χ0v) is 14.1. The Morgan fingerprint density at radius 1 is 1.24 bits per heavy atom. The third kappa shape index (κ3) is 3.51. The summed E-state index contributed by atoms with van der Waals surface area (Å²) < 4.78 is 11.2. The van der Waals surface area contributed by atoms with Gasteiger partial charge in [-0.15, -0.1) is 10.2 Å². The lowest BCUT2D eigenvalue weighted by Gasteiger charge is -2.22. The van der Waals surface area contributed by atoms with Gasteiger partial charge in [-0.25, -0.2) is 4.79 Å². The van der Waals surface area contributed by atoms with Crippen molar-refractivity contribution in [2.45, 2.75) is 19.3 Å². The number of likely N-dealkylation sites (tertiary alicyclic amines) is 1. The third-order valence-corrected chi connectivity index (χ3v) is 5.01. The number of benzene rings is 1. The predicted molar refractivity (Wildman–Crippen MR) is 90.9 cm³/mol. The van der Waals surface area contributed by atoms with Gasteiger partial charge in [-0.1, -0.05) is 18.2 Å². The summed E-state index contributed by atoms with van der Waals surface area (Å²) in [5.74, 6) is 1.03. The van der Waals surface area contributed by atoms with Crippen LogP contribution in [0.2, 0.25) is 0 Å². The van der Waals surface area contributed by atoms with Crippen molar-refractivity contribution in [2.24, 2.45) is 5.41 Å². The van der Waals surface area contributed by atoms with Crippen molar-refractivity contribution in [3.63, 3.8) is 0 Å². The Morgan fingerprint density at radius 3 is 2.92 bits per heavy atom. The molecule has 7 nitrogen and oxygen atoms in total. The topological polar surface area (TPSA) is 80.5 Å². The summed E-state index contributed by atoms with van der Waals surface area (Å²) >= 11 is 0. The van der Waals surface area contributed by atoms with Gasteiger partial charge in [0.1, 0.15) is 0 Å². The average Bonchev–Trinajstić information content (AvgIpc) is 3.38. The minimum atomic E-state index is -0.0217. The molecule has 2 saturated heterocycles. The zero-order chi connectivity index (χ0) is 17.1. The van der Waals surface area contributed by atoms with Crippen molar-refractivity contribution in [3.8, 4) is 11.5 Å². The number of ether oxygens (including phenoxy) is 1. The molecule has 0 aliphatic carbocycles. The van der Waals surface area contributed by atoms with E-state index in [4.69, 9.17) is 9.15 Å². The Labute approximate surface area is 146 Å².